The zero-order valence-electron chi connectivity index (χ0n) is 18.2. The molecule has 3 rings (SSSR count). The molecule has 0 fully saturated rings. The minimum absolute atomic E-state index is 0.151. The molecule has 1 amide bonds. The van der Waals surface area contributed by atoms with E-state index in [2.05, 4.69) is 11.9 Å². The smallest absolute Gasteiger partial charge is 0.231 e. The number of hydrogen-bond acceptors (Lipinski definition) is 3. The standard InChI is InChI=1S/C27H27FN2OS/c1-19(32-18-24(29)22-16-10-11-17-23(22)28)30-26(31)27(2,3)25(20-12-6-4-7-13-20)21-14-8-5-9-15-21/h4-18,25H,1,29H2,2-3H3,(H,30,31)/b24-18-. The van der Waals surface area contributed by atoms with Gasteiger partial charge in [-0.1, -0.05) is 105 Å². The minimum Gasteiger partial charge on any atom is -0.398 e. The van der Waals surface area contributed by atoms with Gasteiger partial charge in [-0.15, -0.1) is 0 Å². The predicted molar refractivity (Wildman–Crippen MR) is 132 cm³/mol. The molecule has 0 heterocycles. The van der Waals surface area contributed by atoms with E-state index in [-0.39, 0.29) is 17.5 Å². The van der Waals surface area contributed by atoms with Crippen molar-refractivity contribution in [1.29, 1.82) is 0 Å². The van der Waals surface area contributed by atoms with Gasteiger partial charge < -0.3 is 11.1 Å². The maximum Gasteiger partial charge on any atom is 0.231 e. The highest BCUT2D eigenvalue weighted by Gasteiger charge is 2.38. The second kappa shape index (κ2) is 10.3. The molecule has 3 aromatic rings. The van der Waals surface area contributed by atoms with Gasteiger partial charge in [-0.05, 0) is 23.3 Å². The van der Waals surface area contributed by atoms with Crippen molar-refractivity contribution >= 4 is 23.4 Å². The summed E-state index contributed by atoms with van der Waals surface area (Å²) in [5, 5.41) is 4.90. The van der Waals surface area contributed by atoms with Crippen molar-refractivity contribution in [3.05, 3.63) is 124 Å². The fraction of sp³-hybridized carbons (Fsp3) is 0.148. The lowest BCUT2D eigenvalue weighted by Crippen LogP contribution is -2.40. The van der Waals surface area contributed by atoms with Gasteiger partial charge in [0.1, 0.15) is 5.82 Å². The summed E-state index contributed by atoms with van der Waals surface area (Å²) in [5.41, 5.74) is 7.93. The van der Waals surface area contributed by atoms with Crippen LogP contribution in [0.25, 0.3) is 5.70 Å². The van der Waals surface area contributed by atoms with Crippen molar-refractivity contribution in [2.45, 2.75) is 19.8 Å². The molecular formula is C27H27FN2OS. The highest BCUT2D eigenvalue weighted by Crippen LogP contribution is 2.41. The minimum atomic E-state index is -0.771. The largest absolute Gasteiger partial charge is 0.398 e. The molecule has 0 saturated carbocycles. The second-order valence-corrected chi connectivity index (χ2v) is 8.99. The number of rotatable bonds is 8. The van der Waals surface area contributed by atoms with Gasteiger partial charge in [0.15, 0.2) is 0 Å². The number of nitrogens with one attached hydrogen (secondary N) is 1. The van der Waals surface area contributed by atoms with Crippen LogP contribution in [0.1, 0.15) is 36.5 Å². The fourth-order valence-corrected chi connectivity index (χ4v) is 4.21. The Labute approximate surface area is 193 Å². The van der Waals surface area contributed by atoms with Crippen LogP contribution < -0.4 is 11.1 Å². The van der Waals surface area contributed by atoms with Crippen LogP contribution in [0, 0.1) is 11.2 Å². The highest BCUT2D eigenvalue weighted by molar-refractivity contribution is 8.05. The number of hydrogen-bond donors (Lipinski definition) is 2. The second-order valence-electron chi connectivity index (χ2n) is 8.02. The normalized spacial score (nSPS) is 11.9. The summed E-state index contributed by atoms with van der Waals surface area (Å²) in [7, 11) is 0. The number of nitrogens with two attached hydrogens (primary N) is 1. The van der Waals surface area contributed by atoms with Crippen molar-refractivity contribution < 1.29 is 9.18 Å². The first-order valence-electron chi connectivity index (χ1n) is 10.3. The van der Waals surface area contributed by atoms with Gasteiger partial charge in [-0.2, -0.15) is 0 Å². The number of carbonyl (C=O) groups is 1. The molecule has 0 spiro atoms. The molecule has 0 aliphatic carbocycles. The topological polar surface area (TPSA) is 55.1 Å². The number of thioether (sulfide) groups is 1. The lowest BCUT2D eigenvalue weighted by Gasteiger charge is -2.34. The van der Waals surface area contributed by atoms with Gasteiger partial charge in [0.05, 0.1) is 10.4 Å². The molecule has 0 aromatic heterocycles. The van der Waals surface area contributed by atoms with Crippen LogP contribution >= 0.6 is 11.8 Å². The van der Waals surface area contributed by atoms with Crippen molar-refractivity contribution in [2.75, 3.05) is 0 Å². The Hall–Kier alpha value is -3.31. The number of benzene rings is 3. The summed E-state index contributed by atoms with van der Waals surface area (Å²) in [5.74, 6) is -0.710. The first-order chi connectivity index (χ1) is 15.3. The molecule has 0 atom stereocenters. The summed E-state index contributed by atoms with van der Waals surface area (Å²) in [6.07, 6.45) is 0. The van der Waals surface area contributed by atoms with Crippen LogP contribution in [0.4, 0.5) is 4.39 Å². The van der Waals surface area contributed by atoms with Gasteiger partial charge in [0, 0.05) is 22.6 Å². The molecule has 0 aliphatic heterocycles. The first kappa shape index (κ1) is 23.4. The number of halogens is 1. The van der Waals surface area contributed by atoms with E-state index in [0.717, 1.165) is 22.9 Å². The van der Waals surface area contributed by atoms with E-state index in [1.807, 2.05) is 74.5 Å². The van der Waals surface area contributed by atoms with Crippen molar-refractivity contribution in [2.24, 2.45) is 11.1 Å². The van der Waals surface area contributed by atoms with E-state index < -0.39 is 11.2 Å². The van der Waals surface area contributed by atoms with Crippen molar-refractivity contribution in [1.82, 2.24) is 5.32 Å². The maximum absolute atomic E-state index is 13.9. The Morgan fingerprint density at radius 2 is 1.47 bits per heavy atom. The predicted octanol–water partition coefficient (Wildman–Crippen LogP) is 6.26. The van der Waals surface area contributed by atoms with Crippen LogP contribution in [0.2, 0.25) is 0 Å². The molecule has 164 valence electrons. The quantitative estimate of drug-likeness (QED) is 0.429. The molecule has 3 aromatic carbocycles. The zero-order chi connectivity index (χ0) is 23.1. The summed E-state index contributed by atoms with van der Waals surface area (Å²) in [4.78, 5) is 13.3. The summed E-state index contributed by atoms with van der Waals surface area (Å²) in [6, 6.07) is 26.3. The van der Waals surface area contributed by atoms with E-state index in [1.165, 1.54) is 6.07 Å². The Morgan fingerprint density at radius 1 is 0.969 bits per heavy atom. The van der Waals surface area contributed by atoms with Gasteiger partial charge in [-0.25, -0.2) is 4.39 Å². The van der Waals surface area contributed by atoms with Gasteiger partial charge in [-0.3, -0.25) is 4.79 Å². The van der Waals surface area contributed by atoms with Gasteiger partial charge in [0.25, 0.3) is 0 Å². The summed E-state index contributed by atoms with van der Waals surface area (Å²) < 4.78 is 13.9. The molecule has 5 heteroatoms. The SMILES string of the molecule is C=C(NC(=O)C(C)(C)C(c1ccccc1)c1ccccc1)S/C=C(\N)c1ccccc1F. The van der Waals surface area contributed by atoms with Crippen LogP contribution in [-0.2, 0) is 4.79 Å². The van der Waals surface area contributed by atoms with Crippen molar-refractivity contribution in [3.63, 3.8) is 0 Å². The molecule has 0 aliphatic rings. The molecule has 0 radical (unpaired) electrons. The Kier molecular flexibility index (Phi) is 7.54. The van der Waals surface area contributed by atoms with Crippen LogP contribution in [0.5, 0.6) is 0 Å². The monoisotopic (exact) mass is 446 g/mol. The van der Waals surface area contributed by atoms with Gasteiger partial charge in [0.2, 0.25) is 5.91 Å². The fourth-order valence-electron chi connectivity index (χ4n) is 3.66. The summed E-state index contributed by atoms with van der Waals surface area (Å²) >= 11 is 1.16. The lowest BCUT2D eigenvalue weighted by molar-refractivity contribution is -0.129. The molecule has 32 heavy (non-hydrogen) atoms. The van der Waals surface area contributed by atoms with E-state index >= 15 is 0 Å². The lowest BCUT2D eigenvalue weighted by atomic mass is 9.70. The molecule has 3 N–H and O–H groups in total. The molecule has 0 saturated heterocycles. The number of amides is 1. The third kappa shape index (κ3) is 5.48. The maximum atomic E-state index is 13.9. The average Bonchev–Trinajstić information content (AvgIpc) is 2.79. The molecule has 0 bridgehead atoms. The first-order valence-corrected chi connectivity index (χ1v) is 11.2. The Bertz CT molecular complexity index is 1070. The van der Waals surface area contributed by atoms with E-state index in [9.17, 15) is 9.18 Å². The van der Waals surface area contributed by atoms with Gasteiger partial charge >= 0.3 is 0 Å². The van der Waals surface area contributed by atoms with Crippen LogP contribution in [-0.4, -0.2) is 5.91 Å². The van der Waals surface area contributed by atoms with E-state index in [1.54, 1.807) is 23.6 Å². The van der Waals surface area contributed by atoms with E-state index in [0.29, 0.717) is 10.6 Å². The third-order valence-electron chi connectivity index (χ3n) is 5.34. The zero-order valence-corrected chi connectivity index (χ0v) is 19.0. The Morgan fingerprint density at radius 3 is 2.00 bits per heavy atom. The molecule has 0 unspecified atom stereocenters. The van der Waals surface area contributed by atoms with E-state index in [4.69, 9.17) is 5.73 Å². The van der Waals surface area contributed by atoms with Crippen LogP contribution in [0.3, 0.4) is 0 Å². The molecular weight excluding hydrogens is 419 g/mol. The number of carbonyl (C=O) groups excluding carboxylic acids is 1. The highest BCUT2D eigenvalue weighted by atomic mass is 32.2. The molecule has 3 nitrogen and oxygen atoms in total. The summed E-state index contributed by atoms with van der Waals surface area (Å²) in [6.45, 7) is 7.79. The average molecular weight is 447 g/mol. The Balaban J connectivity index is 1.78. The van der Waals surface area contributed by atoms with Crippen molar-refractivity contribution in [3.8, 4) is 0 Å². The third-order valence-corrected chi connectivity index (χ3v) is 6.10. The van der Waals surface area contributed by atoms with Crippen LogP contribution in [0.15, 0.2) is 102 Å².